The van der Waals surface area contributed by atoms with Crippen LogP contribution in [0, 0.1) is 5.92 Å². The zero-order valence-corrected chi connectivity index (χ0v) is 11.0. The van der Waals surface area contributed by atoms with E-state index in [1.807, 2.05) is 0 Å². The molecule has 1 unspecified atom stereocenters. The summed E-state index contributed by atoms with van der Waals surface area (Å²) < 4.78 is 60.8. The molecule has 0 aliphatic heterocycles. The van der Waals surface area contributed by atoms with Gasteiger partial charge in [0.25, 0.3) is 0 Å². The molecule has 3 nitrogen and oxygen atoms in total. The zero-order valence-electron chi connectivity index (χ0n) is 9.41. The van der Waals surface area contributed by atoms with Gasteiger partial charge in [-0.3, -0.25) is 0 Å². The van der Waals surface area contributed by atoms with E-state index in [9.17, 15) is 21.6 Å². The second-order valence-electron chi connectivity index (χ2n) is 3.90. The highest BCUT2D eigenvalue weighted by molar-refractivity contribution is 7.91. The molecule has 1 aromatic heterocycles. The van der Waals surface area contributed by atoms with E-state index in [0.29, 0.717) is 0 Å². The first-order valence-electron chi connectivity index (χ1n) is 5.00. The van der Waals surface area contributed by atoms with Crippen molar-refractivity contribution in [2.75, 3.05) is 11.6 Å². The number of alkyl halides is 4. The molecule has 8 heteroatoms. The quantitative estimate of drug-likeness (QED) is 0.803. The fraction of sp³-hybridized carbons (Fsp3) is 0.500. The third-order valence-corrected chi connectivity index (χ3v) is 4.50. The van der Waals surface area contributed by atoms with Crippen molar-refractivity contribution in [3.05, 3.63) is 23.9 Å². The van der Waals surface area contributed by atoms with Crippen molar-refractivity contribution in [3.8, 4) is 0 Å². The van der Waals surface area contributed by atoms with Gasteiger partial charge in [0.1, 0.15) is 5.69 Å². The minimum Gasteiger partial charge on any atom is -0.232 e. The highest BCUT2D eigenvalue weighted by atomic mass is 35.5. The molecule has 0 aliphatic carbocycles. The van der Waals surface area contributed by atoms with E-state index in [1.54, 1.807) is 6.92 Å². The average Bonchev–Trinajstić information content (AvgIpc) is 2.27. The molecule has 0 fully saturated rings. The average molecular weight is 302 g/mol. The summed E-state index contributed by atoms with van der Waals surface area (Å²) in [6.07, 6.45) is -4.66. The van der Waals surface area contributed by atoms with Gasteiger partial charge in [0.2, 0.25) is 0 Å². The monoisotopic (exact) mass is 301 g/mol. The highest BCUT2D eigenvalue weighted by Crippen LogP contribution is 2.28. The van der Waals surface area contributed by atoms with Crippen molar-refractivity contribution in [1.82, 2.24) is 4.98 Å². The molecule has 1 rings (SSSR count). The van der Waals surface area contributed by atoms with Gasteiger partial charge in [0.15, 0.2) is 14.9 Å². The van der Waals surface area contributed by atoms with Gasteiger partial charge in [-0.2, -0.15) is 13.2 Å². The first-order valence-corrected chi connectivity index (χ1v) is 7.18. The number of sulfone groups is 1. The van der Waals surface area contributed by atoms with Gasteiger partial charge in [-0.25, -0.2) is 13.4 Å². The molecule has 0 radical (unpaired) electrons. The lowest BCUT2D eigenvalue weighted by Crippen LogP contribution is -2.18. The SMILES string of the molecule is CC(CCl)CS(=O)(=O)c1cccc(C(F)(F)F)n1. The molecular formula is C10H11ClF3NO2S. The lowest BCUT2D eigenvalue weighted by atomic mass is 10.3. The first-order chi connectivity index (χ1) is 8.16. The molecular weight excluding hydrogens is 291 g/mol. The van der Waals surface area contributed by atoms with E-state index in [0.717, 1.165) is 18.2 Å². The first kappa shape index (κ1) is 15.2. The Kier molecular flexibility index (Phi) is 4.61. The molecule has 0 aliphatic rings. The van der Waals surface area contributed by atoms with E-state index in [-0.39, 0.29) is 17.6 Å². The van der Waals surface area contributed by atoms with E-state index in [1.165, 1.54) is 0 Å². The van der Waals surface area contributed by atoms with Crippen LogP contribution in [0.1, 0.15) is 12.6 Å². The maximum Gasteiger partial charge on any atom is 0.433 e. The smallest absolute Gasteiger partial charge is 0.232 e. The van der Waals surface area contributed by atoms with E-state index < -0.39 is 26.7 Å². The van der Waals surface area contributed by atoms with Crippen molar-refractivity contribution in [2.24, 2.45) is 5.92 Å². The van der Waals surface area contributed by atoms with Crippen molar-refractivity contribution in [2.45, 2.75) is 18.1 Å². The Morgan fingerprint density at radius 2 is 2.00 bits per heavy atom. The lowest BCUT2D eigenvalue weighted by Gasteiger charge is -2.10. The fourth-order valence-corrected chi connectivity index (χ4v) is 3.05. The largest absolute Gasteiger partial charge is 0.433 e. The number of nitrogens with zero attached hydrogens (tertiary/aromatic N) is 1. The summed E-state index contributed by atoms with van der Waals surface area (Å²) in [5.74, 6) is -0.573. The number of rotatable bonds is 4. The summed E-state index contributed by atoms with van der Waals surface area (Å²) in [5, 5.41) is -0.575. The van der Waals surface area contributed by atoms with Crippen LogP contribution < -0.4 is 0 Å². The fourth-order valence-electron chi connectivity index (χ4n) is 1.25. The molecule has 0 aromatic carbocycles. The number of halogens is 4. The number of hydrogen-bond donors (Lipinski definition) is 0. The minimum absolute atomic E-state index is 0.109. The van der Waals surface area contributed by atoms with Crippen LogP contribution in [0.2, 0.25) is 0 Å². The Balaban J connectivity index is 3.11. The molecule has 0 saturated carbocycles. The second-order valence-corrected chi connectivity index (χ2v) is 6.19. The van der Waals surface area contributed by atoms with Crippen LogP contribution in [0.3, 0.4) is 0 Å². The number of hydrogen-bond acceptors (Lipinski definition) is 3. The maximum atomic E-state index is 12.4. The normalized spacial score (nSPS) is 14.5. The molecule has 1 heterocycles. The predicted octanol–water partition coefficient (Wildman–Crippen LogP) is 2.75. The van der Waals surface area contributed by atoms with Crippen LogP contribution in [0.4, 0.5) is 13.2 Å². The third-order valence-electron chi connectivity index (χ3n) is 2.10. The van der Waals surface area contributed by atoms with Gasteiger partial charge in [-0.05, 0) is 18.1 Å². The number of pyridine rings is 1. The molecule has 1 atom stereocenters. The molecule has 0 N–H and O–H groups in total. The molecule has 0 amide bonds. The van der Waals surface area contributed by atoms with Crippen molar-refractivity contribution >= 4 is 21.4 Å². The number of aromatic nitrogens is 1. The molecule has 102 valence electrons. The van der Waals surface area contributed by atoms with Crippen LogP contribution in [0.5, 0.6) is 0 Å². The van der Waals surface area contributed by atoms with E-state index in [4.69, 9.17) is 11.6 Å². The van der Waals surface area contributed by atoms with Gasteiger partial charge >= 0.3 is 6.18 Å². The van der Waals surface area contributed by atoms with Gasteiger partial charge < -0.3 is 0 Å². The topological polar surface area (TPSA) is 47.0 Å². The Labute approximate surface area is 108 Å². The van der Waals surface area contributed by atoms with Crippen molar-refractivity contribution < 1.29 is 21.6 Å². The zero-order chi connectivity index (χ0) is 14.0. The summed E-state index contributed by atoms with van der Waals surface area (Å²) in [4.78, 5) is 3.15. The Bertz CT molecular complexity index is 516. The van der Waals surface area contributed by atoms with Gasteiger partial charge in [-0.15, -0.1) is 11.6 Å². The van der Waals surface area contributed by atoms with Gasteiger partial charge in [0.05, 0.1) is 5.75 Å². The Morgan fingerprint density at radius 3 is 2.50 bits per heavy atom. The van der Waals surface area contributed by atoms with Crippen molar-refractivity contribution in [1.29, 1.82) is 0 Å². The predicted molar refractivity (Wildman–Crippen MR) is 61.2 cm³/mol. The summed E-state index contributed by atoms with van der Waals surface area (Å²) in [6, 6.07) is 2.80. The third kappa shape index (κ3) is 3.84. The van der Waals surface area contributed by atoms with Crippen LogP contribution >= 0.6 is 11.6 Å². The summed E-state index contributed by atoms with van der Waals surface area (Å²) in [5.41, 5.74) is -1.22. The van der Waals surface area contributed by atoms with E-state index in [2.05, 4.69) is 4.98 Å². The molecule has 0 spiro atoms. The van der Waals surface area contributed by atoms with Crippen LogP contribution in [0.15, 0.2) is 23.2 Å². The molecule has 18 heavy (non-hydrogen) atoms. The van der Waals surface area contributed by atoms with Gasteiger partial charge in [-0.1, -0.05) is 13.0 Å². The summed E-state index contributed by atoms with van der Waals surface area (Å²) in [6.45, 7) is 1.60. The Morgan fingerprint density at radius 1 is 1.39 bits per heavy atom. The van der Waals surface area contributed by atoms with Gasteiger partial charge in [0, 0.05) is 5.88 Å². The van der Waals surface area contributed by atoms with Crippen LogP contribution in [-0.2, 0) is 16.0 Å². The minimum atomic E-state index is -4.66. The second kappa shape index (κ2) is 5.44. The van der Waals surface area contributed by atoms with Crippen LogP contribution in [0.25, 0.3) is 0 Å². The van der Waals surface area contributed by atoms with E-state index >= 15 is 0 Å². The standard InChI is InChI=1S/C10H11ClF3NO2S/c1-7(5-11)6-18(16,17)9-4-2-3-8(15-9)10(12,13)14/h2-4,7H,5-6H2,1H3. The molecule has 1 aromatic rings. The summed E-state index contributed by atoms with van der Waals surface area (Å²) in [7, 11) is -3.85. The summed E-state index contributed by atoms with van der Waals surface area (Å²) >= 11 is 5.48. The van der Waals surface area contributed by atoms with Crippen molar-refractivity contribution in [3.63, 3.8) is 0 Å². The Hall–Kier alpha value is -0.820. The maximum absolute atomic E-state index is 12.4. The molecule has 0 saturated heterocycles. The molecule has 0 bridgehead atoms. The van der Waals surface area contributed by atoms with Crippen LogP contribution in [-0.4, -0.2) is 25.0 Å². The lowest BCUT2D eigenvalue weighted by molar-refractivity contribution is -0.141. The highest BCUT2D eigenvalue weighted by Gasteiger charge is 2.33.